The van der Waals surface area contributed by atoms with E-state index in [2.05, 4.69) is 20.6 Å². The van der Waals surface area contributed by atoms with E-state index < -0.39 is 4.92 Å². The SMILES string of the molecule is CC1=NCCN=C(C)/C=C(\C)Nc2ccc([N+](=O)[O-])cc2N/C(C)=C\1. The normalized spacial score (nSPS) is 20.2. The Labute approximate surface area is 147 Å². The van der Waals surface area contributed by atoms with E-state index in [1.807, 2.05) is 39.8 Å². The van der Waals surface area contributed by atoms with Crippen molar-refractivity contribution in [1.82, 2.24) is 0 Å². The van der Waals surface area contributed by atoms with Crippen molar-refractivity contribution in [3.8, 4) is 0 Å². The molecule has 1 aromatic rings. The maximum Gasteiger partial charge on any atom is 0.271 e. The molecule has 0 atom stereocenters. The van der Waals surface area contributed by atoms with Crippen LogP contribution < -0.4 is 10.6 Å². The van der Waals surface area contributed by atoms with Gasteiger partial charge in [0.2, 0.25) is 0 Å². The number of nitrogens with one attached hydrogen (secondary N) is 2. The van der Waals surface area contributed by atoms with Crippen LogP contribution in [0.15, 0.2) is 51.7 Å². The molecule has 0 spiro atoms. The number of anilines is 2. The number of non-ortho nitro benzene ring substituents is 1. The van der Waals surface area contributed by atoms with Crippen LogP contribution in [0.2, 0.25) is 0 Å². The molecule has 1 aliphatic heterocycles. The van der Waals surface area contributed by atoms with Gasteiger partial charge in [0.15, 0.2) is 0 Å². The number of nitro groups is 1. The number of allylic oxidation sites excluding steroid dienone is 4. The zero-order valence-corrected chi connectivity index (χ0v) is 15.0. The third-order valence-corrected chi connectivity index (χ3v) is 3.55. The van der Waals surface area contributed by atoms with Gasteiger partial charge in [-0.1, -0.05) is 0 Å². The first-order valence-electron chi connectivity index (χ1n) is 8.06. The van der Waals surface area contributed by atoms with E-state index >= 15 is 0 Å². The van der Waals surface area contributed by atoms with Crippen molar-refractivity contribution in [2.45, 2.75) is 27.7 Å². The largest absolute Gasteiger partial charge is 0.357 e. The summed E-state index contributed by atoms with van der Waals surface area (Å²) in [7, 11) is 0. The lowest BCUT2D eigenvalue weighted by atomic mass is 10.2. The second-order valence-corrected chi connectivity index (χ2v) is 5.94. The number of hydrogen-bond acceptors (Lipinski definition) is 6. The predicted molar refractivity (Wildman–Crippen MR) is 104 cm³/mol. The number of nitrogens with zero attached hydrogens (tertiary/aromatic N) is 3. The maximum absolute atomic E-state index is 11.1. The minimum Gasteiger partial charge on any atom is -0.357 e. The van der Waals surface area contributed by atoms with Gasteiger partial charge in [-0.05, 0) is 45.9 Å². The van der Waals surface area contributed by atoms with Crippen LogP contribution in [-0.2, 0) is 0 Å². The van der Waals surface area contributed by atoms with E-state index in [4.69, 9.17) is 0 Å². The Balaban J connectivity index is 2.50. The Morgan fingerprint density at radius 2 is 1.44 bits per heavy atom. The Morgan fingerprint density at radius 3 is 1.96 bits per heavy atom. The van der Waals surface area contributed by atoms with Crippen molar-refractivity contribution in [2.24, 2.45) is 9.98 Å². The first-order chi connectivity index (χ1) is 11.8. The van der Waals surface area contributed by atoms with Gasteiger partial charge in [-0.2, -0.15) is 0 Å². The quantitative estimate of drug-likeness (QED) is 0.592. The Kier molecular flexibility index (Phi) is 6.05. The number of aliphatic imine (C=N–C) groups is 2. The molecule has 1 heterocycles. The van der Waals surface area contributed by atoms with Crippen molar-refractivity contribution in [2.75, 3.05) is 23.7 Å². The average molecular weight is 341 g/mol. The molecule has 0 saturated carbocycles. The molecule has 0 radical (unpaired) electrons. The average Bonchev–Trinajstić information content (AvgIpc) is 2.52. The molecule has 7 nitrogen and oxygen atoms in total. The second-order valence-electron chi connectivity index (χ2n) is 5.94. The summed E-state index contributed by atoms with van der Waals surface area (Å²) in [4.78, 5) is 19.6. The zero-order chi connectivity index (χ0) is 18.4. The number of nitro benzene ring substituents is 1. The lowest BCUT2D eigenvalue weighted by Crippen LogP contribution is -2.06. The summed E-state index contributed by atoms with van der Waals surface area (Å²) in [5.74, 6) is 0. The molecule has 0 bridgehead atoms. The van der Waals surface area contributed by atoms with Crippen LogP contribution in [0, 0.1) is 10.1 Å². The van der Waals surface area contributed by atoms with Crippen LogP contribution in [0.3, 0.4) is 0 Å². The predicted octanol–water partition coefficient (Wildman–Crippen LogP) is 4.16. The van der Waals surface area contributed by atoms with Crippen molar-refractivity contribution >= 4 is 28.5 Å². The fourth-order valence-corrected chi connectivity index (χ4v) is 2.53. The monoisotopic (exact) mass is 341 g/mol. The Bertz CT molecular complexity index is 791. The highest BCUT2D eigenvalue weighted by Gasteiger charge is 2.11. The van der Waals surface area contributed by atoms with Gasteiger partial charge in [0.25, 0.3) is 5.69 Å². The van der Waals surface area contributed by atoms with Gasteiger partial charge < -0.3 is 10.6 Å². The van der Waals surface area contributed by atoms with Gasteiger partial charge in [-0.25, -0.2) is 0 Å². The Morgan fingerprint density at radius 1 is 0.920 bits per heavy atom. The molecule has 0 fully saturated rings. The standard InChI is InChI=1S/C18H23N5O2/c1-12-9-14(3)21-17-6-5-16(23(24)25)11-18(17)22-15(4)10-13(2)20-8-7-19-12/h5-6,9-11,21-22H,7-8H2,1-4H3/b14-9+,15-10-,19-12?,20-13?. The summed E-state index contributed by atoms with van der Waals surface area (Å²) in [5.41, 5.74) is 4.95. The van der Waals surface area contributed by atoms with Crippen LogP contribution >= 0.6 is 0 Å². The molecule has 0 saturated heterocycles. The molecule has 1 aromatic carbocycles. The van der Waals surface area contributed by atoms with Crippen LogP contribution in [-0.4, -0.2) is 29.4 Å². The second kappa shape index (κ2) is 8.23. The van der Waals surface area contributed by atoms with E-state index in [0.717, 1.165) is 28.5 Å². The third kappa shape index (κ3) is 5.56. The summed E-state index contributed by atoms with van der Waals surface area (Å²) < 4.78 is 0. The zero-order valence-electron chi connectivity index (χ0n) is 15.0. The van der Waals surface area contributed by atoms with Crippen molar-refractivity contribution in [3.05, 3.63) is 51.9 Å². The van der Waals surface area contributed by atoms with E-state index in [0.29, 0.717) is 18.8 Å². The van der Waals surface area contributed by atoms with E-state index in [1.54, 1.807) is 6.07 Å². The number of hydrogen-bond donors (Lipinski definition) is 2. The van der Waals surface area contributed by atoms with Gasteiger partial charge in [-0.15, -0.1) is 0 Å². The fraction of sp³-hybridized carbons (Fsp3) is 0.333. The Hall–Kier alpha value is -2.96. The molecule has 0 unspecified atom stereocenters. The topological polar surface area (TPSA) is 91.9 Å². The van der Waals surface area contributed by atoms with Gasteiger partial charge in [0, 0.05) is 35.0 Å². The summed E-state index contributed by atoms with van der Waals surface area (Å²) in [5, 5.41) is 17.6. The molecule has 0 amide bonds. The maximum atomic E-state index is 11.1. The lowest BCUT2D eigenvalue weighted by molar-refractivity contribution is -0.384. The van der Waals surface area contributed by atoms with Gasteiger partial charge >= 0.3 is 0 Å². The molecule has 2 N–H and O–H groups in total. The van der Waals surface area contributed by atoms with E-state index in [1.165, 1.54) is 12.1 Å². The highest BCUT2D eigenvalue weighted by atomic mass is 16.6. The molecule has 132 valence electrons. The van der Waals surface area contributed by atoms with Crippen molar-refractivity contribution in [1.29, 1.82) is 0 Å². The molecule has 2 rings (SSSR count). The van der Waals surface area contributed by atoms with Gasteiger partial charge in [0.05, 0.1) is 29.4 Å². The van der Waals surface area contributed by atoms with Crippen LogP contribution in [0.25, 0.3) is 0 Å². The molecular formula is C18H23N5O2. The fourth-order valence-electron chi connectivity index (χ4n) is 2.53. The highest BCUT2D eigenvalue weighted by Crippen LogP contribution is 2.29. The minimum atomic E-state index is -0.404. The van der Waals surface area contributed by atoms with Gasteiger partial charge in [0.1, 0.15) is 0 Å². The third-order valence-electron chi connectivity index (χ3n) is 3.55. The first-order valence-corrected chi connectivity index (χ1v) is 8.06. The van der Waals surface area contributed by atoms with Crippen LogP contribution in [0.1, 0.15) is 27.7 Å². The summed E-state index contributed by atoms with van der Waals surface area (Å²) in [6.45, 7) is 8.95. The van der Waals surface area contributed by atoms with Crippen molar-refractivity contribution < 1.29 is 4.92 Å². The first kappa shape index (κ1) is 18.4. The molecule has 7 heteroatoms. The van der Waals surface area contributed by atoms with E-state index in [-0.39, 0.29) is 5.69 Å². The molecular weight excluding hydrogens is 318 g/mol. The molecule has 0 aliphatic carbocycles. The number of rotatable bonds is 1. The van der Waals surface area contributed by atoms with Crippen LogP contribution in [0.4, 0.5) is 17.1 Å². The molecule has 0 aromatic heterocycles. The summed E-state index contributed by atoms with van der Waals surface area (Å²) in [6, 6.07) is 4.70. The summed E-state index contributed by atoms with van der Waals surface area (Å²) >= 11 is 0. The highest BCUT2D eigenvalue weighted by molar-refractivity contribution is 5.95. The molecule has 25 heavy (non-hydrogen) atoms. The lowest BCUT2D eigenvalue weighted by Gasteiger charge is -2.15. The number of fused-ring (bicyclic) bond motifs is 1. The smallest absolute Gasteiger partial charge is 0.271 e. The van der Waals surface area contributed by atoms with Crippen LogP contribution in [0.5, 0.6) is 0 Å². The summed E-state index contributed by atoms with van der Waals surface area (Å²) in [6.07, 6.45) is 3.85. The van der Waals surface area contributed by atoms with Crippen molar-refractivity contribution in [3.63, 3.8) is 0 Å². The van der Waals surface area contributed by atoms with Gasteiger partial charge in [-0.3, -0.25) is 20.1 Å². The molecule has 1 aliphatic rings. The number of benzene rings is 1. The van der Waals surface area contributed by atoms with E-state index in [9.17, 15) is 10.1 Å². The minimum absolute atomic E-state index is 0.0340.